The molecule has 0 N–H and O–H groups in total. The molecule has 2 nitrogen and oxygen atoms in total. The van der Waals surface area contributed by atoms with Gasteiger partial charge in [0.2, 0.25) is 0 Å². The van der Waals surface area contributed by atoms with Crippen molar-refractivity contribution in [2.45, 2.75) is 45.4 Å². The lowest BCUT2D eigenvalue weighted by Gasteiger charge is -2.51. The van der Waals surface area contributed by atoms with Gasteiger partial charge in [0.15, 0.2) is 0 Å². The number of ether oxygens (including phenoxy) is 1. The van der Waals surface area contributed by atoms with Gasteiger partial charge in [0.1, 0.15) is 11.5 Å². The van der Waals surface area contributed by atoms with Crippen molar-refractivity contribution >= 4 is 5.78 Å². The van der Waals surface area contributed by atoms with E-state index in [1.807, 2.05) is 0 Å². The summed E-state index contributed by atoms with van der Waals surface area (Å²) in [7, 11) is 1.74. The highest BCUT2D eigenvalue weighted by Gasteiger charge is 2.55. The normalized spacial score (nSPS) is 43.7. The van der Waals surface area contributed by atoms with Gasteiger partial charge in [-0.15, -0.1) is 0 Å². The standard InChI is InChI=1S/C20H26O2/c1-12-10-16-13(11-18(12)22-3)4-5-15-14(16)8-9-20(2)17(15)6-7-19(20)21/h4,11,14-17H,1,5-10H2,2-3H3/t14-,15+,16-,17-,20-/m0/s1. The number of rotatable bonds is 1. The number of hydrogen-bond acceptors (Lipinski definition) is 2. The van der Waals surface area contributed by atoms with Crippen LogP contribution < -0.4 is 0 Å². The Hall–Kier alpha value is -1.31. The molecule has 118 valence electrons. The number of carbonyl (C=O) groups excluding carboxylic acids is 1. The predicted octanol–water partition coefficient (Wildman–Crippen LogP) is 4.43. The molecule has 5 atom stereocenters. The van der Waals surface area contributed by atoms with Gasteiger partial charge in [-0.2, -0.15) is 0 Å². The smallest absolute Gasteiger partial charge is 0.139 e. The Morgan fingerprint density at radius 2 is 2.14 bits per heavy atom. The van der Waals surface area contributed by atoms with E-state index < -0.39 is 0 Å². The van der Waals surface area contributed by atoms with Gasteiger partial charge in [0.05, 0.1) is 7.11 Å². The summed E-state index contributed by atoms with van der Waals surface area (Å²) in [6.45, 7) is 6.45. The average Bonchev–Trinajstić information content (AvgIpc) is 2.82. The minimum absolute atomic E-state index is 0.0221. The summed E-state index contributed by atoms with van der Waals surface area (Å²) < 4.78 is 5.46. The maximum absolute atomic E-state index is 12.4. The maximum atomic E-state index is 12.4. The van der Waals surface area contributed by atoms with Crippen molar-refractivity contribution in [1.29, 1.82) is 0 Å². The molecule has 0 unspecified atom stereocenters. The Morgan fingerprint density at radius 3 is 2.91 bits per heavy atom. The van der Waals surface area contributed by atoms with Crippen LogP contribution in [0.25, 0.3) is 0 Å². The second-order valence-corrected chi connectivity index (χ2v) is 7.92. The second-order valence-electron chi connectivity index (χ2n) is 7.92. The predicted molar refractivity (Wildman–Crippen MR) is 87.1 cm³/mol. The molecule has 0 aromatic heterocycles. The fraction of sp³-hybridized carbons (Fsp3) is 0.650. The van der Waals surface area contributed by atoms with Crippen molar-refractivity contribution < 1.29 is 9.53 Å². The first kappa shape index (κ1) is 14.3. The van der Waals surface area contributed by atoms with Crippen LogP contribution in [0.3, 0.4) is 0 Å². The van der Waals surface area contributed by atoms with Gasteiger partial charge in [-0.3, -0.25) is 4.79 Å². The van der Waals surface area contributed by atoms with E-state index in [4.69, 9.17) is 4.74 Å². The summed E-state index contributed by atoms with van der Waals surface area (Å²) in [4.78, 5) is 12.4. The molecule has 0 aliphatic heterocycles. The van der Waals surface area contributed by atoms with E-state index in [9.17, 15) is 4.79 Å². The first-order valence-electron chi connectivity index (χ1n) is 8.72. The molecule has 2 heteroatoms. The number of fused-ring (bicyclic) bond motifs is 5. The van der Waals surface area contributed by atoms with Gasteiger partial charge in [-0.25, -0.2) is 0 Å². The molecule has 4 aliphatic carbocycles. The molecule has 4 rings (SSSR count). The van der Waals surface area contributed by atoms with Crippen LogP contribution >= 0.6 is 0 Å². The van der Waals surface area contributed by atoms with Crippen molar-refractivity contribution in [2.24, 2.45) is 29.1 Å². The van der Waals surface area contributed by atoms with E-state index >= 15 is 0 Å². The van der Waals surface area contributed by atoms with E-state index in [-0.39, 0.29) is 5.41 Å². The van der Waals surface area contributed by atoms with Crippen molar-refractivity contribution in [3.05, 3.63) is 35.6 Å². The van der Waals surface area contributed by atoms with E-state index in [0.29, 0.717) is 23.5 Å². The zero-order valence-electron chi connectivity index (χ0n) is 13.7. The van der Waals surface area contributed by atoms with Gasteiger partial charge in [-0.1, -0.05) is 19.6 Å². The molecular formula is C20H26O2. The number of methoxy groups -OCH3 is 1. The summed E-state index contributed by atoms with van der Waals surface area (Å²) in [5.41, 5.74) is 2.57. The summed E-state index contributed by atoms with van der Waals surface area (Å²) in [6, 6.07) is 0. The average molecular weight is 298 g/mol. The third-order valence-electron chi connectivity index (χ3n) is 7.10. The Bertz CT molecular complexity index is 597. The summed E-state index contributed by atoms with van der Waals surface area (Å²) >= 11 is 0. The zero-order chi connectivity index (χ0) is 15.5. The number of allylic oxidation sites excluding steroid dienone is 4. The summed E-state index contributed by atoms with van der Waals surface area (Å²) in [6.07, 6.45) is 11.0. The zero-order valence-corrected chi connectivity index (χ0v) is 13.7. The monoisotopic (exact) mass is 298 g/mol. The highest BCUT2D eigenvalue weighted by molar-refractivity contribution is 5.87. The maximum Gasteiger partial charge on any atom is 0.139 e. The van der Waals surface area contributed by atoms with Crippen LogP contribution in [0.5, 0.6) is 0 Å². The molecule has 0 bridgehead atoms. The fourth-order valence-corrected chi connectivity index (χ4v) is 5.86. The number of Topliss-reactive ketones (excluding diaryl/α,β-unsaturated/α-hetero) is 1. The number of hydrogen-bond donors (Lipinski definition) is 0. The lowest BCUT2D eigenvalue weighted by atomic mass is 9.53. The topological polar surface area (TPSA) is 26.3 Å². The molecule has 0 aromatic carbocycles. The first-order chi connectivity index (χ1) is 10.5. The Kier molecular flexibility index (Phi) is 3.15. The molecule has 0 spiro atoms. The molecule has 0 amide bonds. The van der Waals surface area contributed by atoms with E-state index in [1.54, 1.807) is 7.11 Å². The van der Waals surface area contributed by atoms with E-state index in [1.165, 1.54) is 12.0 Å². The van der Waals surface area contributed by atoms with Crippen molar-refractivity contribution in [3.8, 4) is 0 Å². The quantitative estimate of drug-likeness (QED) is 0.715. The van der Waals surface area contributed by atoms with Crippen LogP contribution in [0.2, 0.25) is 0 Å². The summed E-state index contributed by atoms with van der Waals surface area (Å²) in [5.74, 6) is 4.13. The van der Waals surface area contributed by atoms with Crippen molar-refractivity contribution in [1.82, 2.24) is 0 Å². The molecule has 0 saturated heterocycles. The molecule has 4 aliphatic rings. The van der Waals surface area contributed by atoms with Crippen LogP contribution in [-0.2, 0) is 9.53 Å². The molecule has 0 heterocycles. The van der Waals surface area contributed by atoms with Gasteiger partial charge in [0.25, 0.3) is 0 Å². The fourth-order valence-electron chi connectivity index (χ4n) is 5.86. The number of carbonyl (C=O) groups is 1. The van der Waals surface area contributed by atoms with Gasteiger partial charge >= 0.3 is 0 Å². The van der Waals surface area contributed by atoms with Crippen molar-refractivity contribution in [2.75, 3.05) is 7.11 Å². The van der Waals surface area contributed by atoms with Crippen LogP contribution in [0.15, 0.2) is 35.6 Å². The lowest BCUT2D eigenvalue weighted by molar-refractivity contribution is -0.130. The van der Waals surface area contributed by atoms with E-state index in [0.717, 1.165) is 49.4 Å². The first-order valence-corrected chi connectivity index (χ1v) is 8.72. The lowest BCUT2D eigenvalue weighted by Crippen LogP contribution is -2.45. The Balaban J connectivity index is 1.67. The van der Waals surface area contributed by atoms with Crippen LogP contribution in [0.4, 0.5) is 0 Å². The molecule has 0 aromatic rings. The van der Waals surface area contributed by atoms with Gasteiger partial charge < -0.3 is 4.74 Å². The summed E-state index contributed by atoms with van der Waals surface area (Å²) in [5, 5.41) is 0. The van der Waals surface area contributed by atoms with E-state index in [2.05, 4.69) is 25.7 Å². The van der Waals surface area contributed by atoms with Crippen LogP contribution in [0.1, 0.15) is 45.4 Å². The van der Waals surface area contributed by atoms with Gasteiger partial charge in [0, 0.05) is 11.8 Å². The minimum atomic E-state index is -0.0221. The largest absolute Gasteiger partial charge is 0.496 e. The second kappa shape index (κ2) is 4.84. The molecule has 2 fully saturated rings. The SMILES string of the molecule is C=C1C[C@H]2C(=CC[C@@H]3[C@@H]2CC[C@]2(C)C(=O)CC[C@@H]32)C=C1OC. The van der Waals surface area contributed by atoms with Gasteiger partial charge in [-0.05, 0) is 73.0 Å². The van der Waals surface area contributed by atoms with Crippen LogP contribution in [0, 0.1) is 29.1 Å². The Morgan fingerprint density at radius 1 is 1.32 bits per heavy atom. The third kappa shape index (κ3) is 1.82. The minimum Gasteiger partial charge on any atom is -0.496 e. The third-order valence-corrected chi connectivity index (χ3v) is 7.10. The molecular weight excluding hydrogens is 272 g/mol. The molecule has 2 saturated carbocycles. The molecule has 22 heavy (non-hydrogen) atoms. The Labute approximate surface area is 133 Å². The molecule has 0 radical (unpaired) electrons. The highest BCUT2D eigenvalue weighted by atomic mass is 16.5. The van der Waals surface area contributed by atoms with Crippen molar-refractivity contribution in [3.63, 3.8) is 0 Å². The number of ketones is 1. The highest BCUT2D eigenvalue weighted by Crippen LogP contribution is 2.60. The van der Waals surface area contributed by atoms with Crippen LogP contribution in [-0.4, -0.2) is 12.9 Å².